The van der Waals surface area contributed by atoms with Crippen molar-refractivity contribution < 1.29 is 13.9 Å². The van der Waals surface area contributed by atoms with Gasteiger partial charge in [0.05, 0.1) is 6.61 Å². The van der Waals surface area contributed by atoms with Crippen molar-refractivity contribution in [3.05, 3.63) is 29.1 Å². The van der Waals surface area contributed by atoms with Crippen LogP contribution in [-0.4, -0.2) is 12.9 Å². The summed E-state index contributed by atoms with van der Waals surface area (Å²) in [4.78, 5) is 10.4. The first-order valence-corrected chi connectivity index (χ1v) is 5.11. The molecule has 0 fully saturated rings. The van der Waals surface area contributed by atoms with Crippen molar-refractivity contribution in [2.45, 2.75) is 25.7 Å². The first-order valence-electron chi connectivity index (χ1n) is 5.11. The lowest BCUT2D eigenvalue weighted by atomic mass is 9.92. The molecule has 15 heavy (non-hydrogen) atoms. The van der Waals surface area contributed by atoms with Crippen molar-refractivity contribution in [3.63, 3.8) is 0 Å². The van der Waals surface area contributed by atoms with E-state index in [-0.39, 0.29) is 11.7 Å². The van der Waals surface area contributed by atoms with Gasteiger partial charge in [-0.2, -0.15) is 0 Å². The highest BCUT2D eigenvalue weighted by Gasteiger charge is 2.22. The van der Waals surface area contributed by atoms with E-state index in [1.165, 1.54) is 6.07 Å². The summed E-state index contributed by atoms with van der Waals surface area (Å²) < 4.78 is 19.0. The van der Waals surface area contributed by atoms with Crippen LogP contribution in [0.25, 0.3) is 0 Å². The molecule has 1 aliphatic rings. The lowest BCUT2D eigenvalue weighted by molar-refractivity contribution is -0.108. The largest absolute Gasteiger partial charge is 0.493 e. The molecule has 2 rings (SSSR count). The second-order valence-electron chi connectivity index (χ2n) is 3.84. The Kier molecular flexibility index (Phi) is 2.71. The van der Waals surface area contributed by atoms with E-state index in [4.69, 9.17) is 4.74 Å². The third-order valence-corrected chi connectivity index (χ3v) is 2.81. The molecule has 2 nitrogen and oxygen atoms in total. The molecule has 1 heterocycles. The Morgan fingerprint density at radius 1 is 1.60 bits per heavy atom. The van der Waals surface area contributed by atoms with Gasteiger partial charge in [-0.05, 0) is 23.6 Å². The summed E-state index contributed by atoms with van der Waals surface area (Å²) in [7, 11) is 0. The fraction of sp³-hybridized carbons (Fsp3) is 0.417. The smallest absolute Gasteiger partial charge is 0.127 e. The van der Waals surface area contributed by atoms with Gasteiger partial charge in [0, 0.05) is 18.4 Å². The van der Waals surface area contributed by atoms with Gasteiger partial charge in [0.2, 0.25) is 0 Å². The Balaban J connectivity index is 2.44. The topological polar surface area (TPSA) is 26.3 Å². The van der Waals surface area contributed by atoms with Crippen LogP contribution in [0.4, 0.5) is 4.39 Å². The average molecular weight is 208 g/mol. The van der Waals surface area contributed by atoms with Crippen molar-refractivity contribution in [2.75, 3.05) is 6.61 Å². The summed E-state index contributed by atoms with van der Waals surface area (Å²) in [5, 5.41) is 0. The third-order valence-electron chi connectivity index (χ3n) is 2.81. The number of rotatable bonds is 3. The van der Waals surface area contributed by atoms with E-state index < -0.39 is 0 Å². The maximum absolute atomic E-state index is 13.6. The molecule has 1 unspecified atom stereocenters. The summed E-state index contributed by atoms with van der Waals surface area (Å²) in [6, 6.07) is 3.08. The van der Waals surface area contributed by atoms with Gasteiger partial charge in [-0.25, -0.2) is 4.39 Å². The number of halogens is 1. The van der Waals surface area contributed by atoms with Crippen LogP contribution in [0, 0.1) is 5.82 Å². The van der Waals surface area contributed by atoms with Crippen molar-refractivity contribution in [1.82, 2.24) is 0 Å². The Hall–Kier alpha value is -1.38. The molecular weight excluding hydrogens is 195 g/mol. The molecule has 0 saturated heterocycles. The molecule has 0 aromatic heterocycles. The molecule has 0 saturated carbocycles. The van der Waals surface area contributed by atoms with Crippen molar-refractivity contribution >= 4 is 6.29 Å². The van der Waals surface area contributed by atoms with Crippen LogP contribution in [0.2, 0.25) is 0 Å². The van der Waals surface area contributed by atoms with Crippen LogP contribution in [-0.2, 0) is 11.2 Å². The number of hydrogen-bond donors (Lipinski definition) is 0. The van der Waals surface area contributed by atoms with E-state index in [2.05, 4.69) is 0 Å². The highest BCUT2D eigenvalue weighted by Crippen LogP contribution is 2.35. The van der Waals surface area contributed by atoms with Gasteiger partial charge in [-0.3, -0.25) is 0 Å². The lowest BCUT2D eigenvalue weighted by Gasteiger charge is -2.13. The second-order valence-corrected chi connectivity index (χ2v) is 3.84. The molecule has 0 N–H and O–H groups in total. The molecule has 1 aromatic carbocycles. The number of aldehydes is 1. The second kappa shape index (κ2) is 4.01. The fourth-order valence-corrected chi connectivity index (χ4v) is 2.07. The maximum atomic E-state index is 13.6. The monoisotopic (exact) mass is 208 g/mol. The molecule has 0 radical (unpaired) electrons. The Morgan fingerprint density at radius 3 is 3.13 bits per heavy atom. The van der Waals surface area contributed by atoms with E-state index in [0.29, 0.717) is 18.6 Å². The molecule has 80 valence electrons. The van der Waals surface area contributed by atoms with Crippen molar-refractivity contribution in [1.29, 1.82) is 0 Å². The minimum atomic E-state index is -0.228. The number of benzene rings is 1. The first-order chi connectivity index (χ1) is 7.24. The fourth-order valence-electron chi connectivity index (χ4n) is 2.07. The SMILES string of the molecule is CC(CC=O)c1c(F)ccc2c1CCO2. The molecular formula is C12H13FO2. The lowest BCUT2D eigenvalue weighted by Crippen LogP contribution is -2.02. The van der Waals surface area contributed by atoms with Gasteiger partial charge in [0.25, 0.3) is 0 Å². The van der Waals surface area contributed by atoms with Gasteiger partial charge in [0.1, 0.15) is 17.9 Å². The average Bonchev–Trinajstić information content (AvgIpc) is 2.65. The van der Waals surface area contributed by atoms with E-state index in [9.17, 15) is 9.18 Å². The number of fused-ring (bicyclic) bond motifs is 1. The van der Waals surface area contributed by atoms with E-state index >= 15 is 0 Å². The predicted molar refractivity (Wildman–Crippen MR) is 54.7 cm³/mol. The minimum absolute atomic E-state index is 0.0702. The summed E-state index contributed by atoms with van der Waals surface area (Å²) in [5.41, 5.74) is 1.58. The summed E-state index contributed by atoms with van der Waals surface area (Å²) >= 11 is 0. The van der Waals surface area contributed by atoms with Gasteiger partial charge in [-0.15, -0.1) is 0 Å². The Labute approximate surface area is 88.1 Å². The standard InChI is InChI=1S/C12H13FO2/c1-8(4-6-14)12-9-5-7-15-11(9)3-2-10(12)13/h2-3,6,8H,4-5,7H2,1H3. The van der Waals surface area contributed by atoms with Crippen LogP contribution in [0.3, 0.4) is 0 Å². The molecule has 1 atom stereocenters. The van der Waals surface area contributed by atoms with Gasteiger partial charge in [-0.1, -0.05) is 6.92 Å². The molecule has 0 spiro atoms. The minimum Gasteiger partial charge on any atom is -0.493 e. The molecule has 1 aromatic rings. The van der Waals surface area contributed by atoms with Crippen LogP contribution in [0.1, 0.15) is 30.4 Å². The summed E-state index contributed by atoms with van der Waals surface area (Å²) in [5.74, 6) is 0.469. The molecule has 3 heteroatoms. The maximum Gasteiger partial charge on any atom is 0.127 e. The normalized spacial score (nSPS) is 15.6. The van der Waals surface area contributed by atoms with Crippen LogP contribution in [0.5, 0.6) is 5.75 Å². The van der Waals surface area contributed by atoms with Crippen molar-refractivity contribution in [2.24, 2.45) is 0 Å². The molecule has 0 bridgehead atoms. The Morgan fingerprint density at radius 2 is 2.40 bits per heavy atom. The molecule has 1 aliphatic heterocycles. The molecule has 0 amide bonds. The molecule has 0 aliphatic carbocycles. The summed E-state index contributed by atoms with van der Waals surface area (Å²) in [6.45, 7) is 2.48. The van der Waals surface area contributed by atoms with Gasteiger partial charge in [0.15, 0.2) is 0 Å². The number of ether oxygens (including phenoxy) is 1. The highest BCUT2D eigenvalue weighted by atomic mass is 19.1. The Bertz CT molecular complexity index is 387. The zero-order chi connectivity index (χ0) is 10.8. The van der Waals surface area contributed by atoms with E-state index in [1.807, 2.05) is 6.92 Å². The van der Waals surface area contributed by atoms with E-state index in [0.717, 1.165) is 24.0 Å². The van der Waals surface area contributed by atoms with E-state index in [1.54, 1.807) is 6.07 Å². The number of carbonyl (C=O) groups is 1. The zero-order valence-electron chi connectivity index (χ0n) is 8.63. The van der Waals surface area contributed by atoms with Crippen LogP contribution < -0.4 is 4.74 Å². The quantitative estimate of drug-likeness (QED) is 0.713. The number of carbonyl (C=O) groups excluding carboxylic acids is 1. The first kappa shape index (κ1) is 10.1. The summed E-state index contributed by atoms with van der Waals surface area (Å²) in [6.07, 6.45) is 1.93. The third kappa shape index (κ3) is 1.74. The highest BCUT2D eigenvalue weighted by molar-refractivity contribution is 5.53. The zero-order valence-corrected chi connectivity index (χ0v) is 8.63. The van der Waals surface area contributed by atoms with Crippen LogP contribution in [0.15, 0.2) is 12.1 Å². The van der Waals surface area contributed by atoms with Gasteiger partial charge >= 0.3 is 0 Å². The van der Waals surface area contributed by atoms with Gasteiger partial charge < -0.3 is 9.53 Å². The predicted octanol–water partition coefficient (Wildman–Crippen LogP) is 2.45. The van der Waals surface area contributed by atoms with Crippen LogP contribution >= 0.6 is 0 Å². The number of hydrogen-bond acceptors (Lipinski definition) is 2. The van der Waals surface area contributed by atoms with Crippen molar-refractivity contribution in [3.8, 4) is 5.75 Å².